The molecule has 0 amide bonds. The molecule has 0 bridgehead atoms. The van der Waals surface area contributed by atoms with Crippen molar-refractivity contribution in [3.63, 3.8) is 0 Å². The maximum absolute atomic E-state index is 11.0. The van der Waals surface area contributed by atoms with Crippen LogP contribution in [0.15, 0.2) is 48.6 Å². The third kappa shape index (κ3) is 30.6. The van der Waals surface area contributed by atoms with E-state index in [9.17, 15) is 28.8 Å². The van der Waals surface area contributed by atoms with Crippen molar-refractivity contribution in [1.82, 2.24) is 0 Å². The predicted molar refractivity (Wildman–Crippen MR) is 156 cm³/mol. The van der Waals surface area contributed by atoms with Crippen LogP contribution in [0.4, 0.5) is 0 Å². The van der Waals surface area contributed by atoms with Gasteiger partial charge in [-0.15, -0.1) is 0 Å². The third-order valence-corrected chi connectivity index (χ3v) is 4.47. The van der Waals surface area contributed by atoms with Gasteiger partial charge in [-0.25, -0.2) is 28.8 Å². The van der Waals surface area contributed by atoms with Crippen LogP contribution < -0.4 is 0 Å². The summed E-state index contributed by atoms with van der Waals surface area (Å²) < 4.78 is 9.45. The summed E-state index contributed by atoms with van der Waals surface area (Å²) >= 11 is 0. The molecule has 0 unspecified atom stereocenters. The van der Waals surface area contributed by atoms with E-state index in [1.54, 1.807) is 0 Å². The number of carbonyl (C=O) groups is 6. The van der Waals surface area contributed by atoms with Crippen LogP contribution in [0.25, 0.3) is 0 Å². The molecule has 45 heavy (non-hydrogen) atoms. The summed E-state index contributed by atoms with van der Waals surface area (Å²) in [5.41, 5.74) is -1.89. The van der Waals surface area contributed by atoms with E-state index in [0.29, 0.717) is 24.3 Å². The van der Waals surface area contributed by atoms with Crippen LogP contribution in [-0.2, 0) is 38.2 Å². The average Bonchev–Trinajstić information content (AvgIpc) is 2.97. The molecule has 0 fully saturated rings. The number of aliphatic hydroxyl groups is 6. The van der Waals surface area contributed by atoms with Crippen molar-refractivity contribution in [2.45, 2.75) is 13.8 Å². The van der Waals surface area contributed by atoms with E-state index in [1.807, 2.05) is 0 Å². The summed E-state index contributed by atoms with van der Waals surface area (Å²) in [6, 6.07) is 0. The third-order valence-electron chi connectivity index (χ3n) is 4.47. The van der Waals surface area contributed by atoms with Crippen LogP contribution >= 0.6 is 0 Å². The fraction of sp³-hybridized carbons (Fsp3) is 0.462. The molecule has 0 aliphatic rings. The Kier molecular flexibility index (Phi) is 33.7. The molecular weight excluding hydrogens is 640 g/mol. The molecule has 0 aromatic rings. The normalized spacial score (nSPS) is 10.3. The first-order valence-electron chi connectivity index (χ1n) is 11.9. The fourth-order valence-electron chi connectivity index (χ4n) is 1.54. The monoisotopic (exact) mass is 682 g/mol. The van der Waals surface area contributed by atoms with Gasteiger partial charge in [-0.2, -0.15) is 0 Å². The van der Waals surface area contributed by atoms with Crippen molar-refractivity contribution in [3.05, 3.63) is 48.6 Å². The summed E-state index contributed by atoms with van der Waals surface area (Å²) in [4.78, 5) is 60.2. The van der Waals surface area contributed by atoms with Crippen molar-refractivity contribution in [2.75, 3.05) is 52.9 Å². The molecule has 19 heteroatoms. The number of esters is 2. The Morgan fingerprint density at radius 2 is 0.689 bits per heavy atom. The molecule has 0 aliphatic heterocycles. The van der Waals surface area contributed by atoms with E-state index in [-0.39, 0.29) is 62.1 Å². The molecule has 0 atom stereocenters. The van der Waals surface area contributed by atoms with Gasteiger partial charge in [-0.05, 0) is 13.8 Å². The van der Waals surface area contributed by atoms with Crippen molar-refractivity contribution >= 4 is 73.6 Å². The van der Waals surface area contributed by atoms with Crippen LogP contribution in [-0.4, -0.2) is 177 Å². The summed E-state index contributed by atoms with van der Waals surface area (Å²) in [5.74, 6) is -6.24. The second-order valence-corrected chi connectivity index (χ2v) is 8.68. The quantitative estimate of drug-likeness (QED) is 0.0432. The Hall–Kier alpha value is -3.20. The summed E-state index contributed by atoms with van der Waals surface area (Å²) in [6.45, 7) is 6.52. The number of carboxylic acids is 4. The maximum atomic E-state index is 11.0. The van der Waals surface area contributed by atoms with Gasteiger partial charge < -0.3 is 60.5 Å². The zero-order chi connectivity index (χ0) is 35.5. The minimum atomic E-state index is -1.26. The van der Waals surface area contributed by atoms with Crippen LogP contribution in [0.1, 0.15) is 13.8 Å². The van der Waals surface area contributed by atoms with Gasteiger partial charge in [0.15, 0.2) is 0 Å². The predicted octanol–water partition coefficient (Wildman–Crippen LogP) is -3.35. The second kappa shape index (κ2) is 29.5. The van der Waals surface area contributed by atoms with E-state index in [2.05, 4.69) is 13.2 Å². The number of carbonyl (C=O) groups excluding carboxylic acids is 2. The van der Waals surface area contributed by atoms with E-state index < -0.39 is 86.3 Å². The molecule has 0 rings (SSSR count). The van der Waals surface area contributed by atoms with Gasteiger partial charge in [0.1, 0.15) is 13.2 Å². The van der Waals surface area contributed by atoms with E-state index in [1.165, 1.54) is 13.8 Å². The number of hydrogen-bond donors (Lipinski definition) is 10. The molecule has 0 aliphatic carbocycles. The van der Waals surface area contributed by atoms with Gasteiger partial charge in [0.25, 0.3) is 0 Å². The van der Waals surface area contributed by atoms with Crippen LogP contribution in [0.3, 0.4) is 0 Å². The Morgan fingerprint density at radius 3 is 0.800 bits per heavy atom. The van der Waals surface area contributed by atoms with Gasteiger partial charge >= 0.3 is 73.6 Å². The summed E-state index contributed by atoms with van der Waals surface area (Å²) in [7, 11) is 0. The Labute approximate surface area is 287 Å². The number of aliphatic carboxylic acids is 4. The van der Waals surface area contributed by atoms with Gasteiger partial charge in [-0.1, -0.05) is 13.2 Å². The Morgan fingerprint density at radius 1 is 0.511 bits per heavy atom. The van der Waals surface area contributed by atoms with Crippen molar-refractivity contribution in [1.29, 1.82) is 0 Å². The topological polar surface area (TPSA) is 323 Å². The first kappa shape index (κ1) is 51.4. The molecule has 0 aromatic heterocycles. The van der Waals surface area contributed by atoms with E-state index in [4.69, 9.17) is 60.5 Å². The fourth-order valence-corrected chi connectivity index (χ4v) is 1.54. The minimum absolute atomic E-state index is 0. The second-order valence-electron chi connectivity index (χ2n) is 8.68. The number of aliphatic hydroxyl groups excluding tert-OH is 6. The van der Waals surface area contributed by atoms with Crippen molar-refractivity contribution in [2.24, 2.45) is 10.8 Å². The molecule has 0 saturated heterocycles. The Bertz CT molecular complexity index is 881. The van der Waals surface area contributed by atoms with Crippen molar-refractivity contribution < 1.29 is 89.3 Å². The zero-order valence-corrected chi connectivity index (χ0v) is 24.1. The number of rotatable bonds is 16. The van der Waals surface area contributed by atoms with Gasteiger partial charge in [0.05, 0.1) is 50.5 Å². The molecule has 0 radical (unpaired) electrons. The van der Waals surface area contributed by atoms with Crippen LogP contribution in [0.5, 0.6) is 0 Å². The molecule has 0 aromatic carbocycles. The summed E-state index contributed by atoms with van der Waals surface area (Å²) in [6.07, 6.45) is 2.23. The molecule has 0 spiro atoms. The van der Waals surface area contributed by atoms with E-state index in [0.717, 1.165) is 0 Å². The SMILES string of the molecule is C=C(C)C(=O)OCC(CO)(CO)CO.C=C(C)C(=O)OCC(CO)(CO)CO.O=C(O)/C=C\C(=O)O.O=C(O)/C=C\C(=O)O.[CaH2]. The first-order chi connectivity index (χ1) is 20.3. The molecule has 10 N–H and O–H groups in total. The van der Waals surface area contributed by atoms with Gasteiger partial charge in [0.2, 0.25) is 0 Å². The van der Waals surface area contributed by atoms with Gasteiger partial charge in [-0.3, -0.25) is 0 Å². The van der Waals surface area contributed by atoms with Crippen molar-refractivity contribution in [3.8, 4) is 0 Å². The summed E-state index contributed by atoms with van der Waals surface area (Å²) in [5, 5.41) is 84.6. The molecule has 18 nitrogen and oxygen atoms in total. The van der Waals surface area contributed by atoms with Crippen LogP contribution in [0.2, 0.25) is 0 Å². The molecule has 0 saturated carbocycles. The number of carboxylic acid groups (broad SMARTS) is 4. The van der Waals surface area contributed by atoms with E-state index >= 15 is 0 Å². The standard InChI is InChI=1S/2C9H16O5.2C4H4O4.Ca.2H/c2*1-7(2)8(13)14-6-9(3-10,4-11)5-12;2*5-3(6)1-2-4(7)8;;;/h2*10-12H,1,3-6H2,2H3;2*1-2H,(H,5,6)(H,7,8);;;/b;;2*2-1-;;;. The first-order valence-corrected chi connectivity index (χ1v) is 11.9. The zero-order valence-electron chi connectivity index (χ0n) is 24.1. The number of ether oxygens (including phenoxy) is 2. The Balaban J connectivity index is -0.000000162. The average molecular weight is 683 g/mol. The van der Waals surface area contributed by atoms with Gasteiger partial charge in [0, 0.05) is 35.5 Å². The molecule has 256 valence electrons. The molecule has 0 heterocycles. The molecular formula is C26H42CaO18. The van der Waals surface area contributed by atoms with Crippen LogP contribution in [0, 0.1) is 10.8 Å². The number of hydrogen-bond acceptors (Lipinski definition) is 14.